The fraction of sp³-hybridized carbons (Fsp3) is 0.468. The van der Waals surface area contributed by atoms with Crippen LogP contribution in [0.15, 0.2) is 72.0 Å². The van der Waals surface area contributed by atoms with Crippen molar-refractivity contribution >= 4 is 53.3 Å². The van der Waals surface area contributed by atoms with E-state index < -0.39 is 114 Å². The predicted octanol–water partition coefficient (Wildman–Crippen LogP) is 1.43. The number of benzene rings is 2. The lowest BCUT2D eigenvalue weighted by Crippen LogP contribution is -2.62. The fourth-order valence-electron chi connectivity index (χ4n) is 6.75. The van der Waals surface area contributed by atoms with Crippen LogP contribution in [-0.4, -0.2) is 111 Å². The number of phenolic OH excluding ortho intramolecular Hbond substituents is 2. The summed E-state index contributed by atoms with van der Waals surface area (Å²) in [4.78, 5) is 122. The number of unbranched alkanes of at least 4 members (excludes halogenated alkanes) is 1. The van der Waals surface area contributed by atoms with Crippen LogP contribution in [0.2, 0.25) is 0 Å². The molecule has 7 atom stereocenters. The molecule has 0 aliphatic carbocycles. The maximum absolute atomic E-state index is 14.4. The second-order valence-electron chi connectivity index (χ2n) is 16.6. The van der Waals surface area contributed by atoms with Crippen LogP contribution < -0.4 is 37.2 Å². The van der Waals surface area contributed by atoms with E-state index in [1.807, 2.05) is 0 Å². The Labute approximate surface area is 389 Å². The topological polar surface area (TPSA) is 308 Å². The van der Waals surface area contributed by atoms with Crippen LogP contribution in [0.5, 0.6) is 11.5 Å². The number of rotatable bonds is 17. The van der Waals surface area contributed by atoms with Crippen molar-refractivity contribution in [1.82, 2.24) is 37.2 Å². The molecule has 0 saturated carbocycles. The molecule has 0 aromatic heterocycles. The van der Waals surface area contributed by atoms with Gasteiger partial charge < -0.3 is 57.3 Å². The van der Waals surface area contributed by atoms with Crippen molar-refractivity contribution in [2.45, 2.75) is 136 Å². The van der Waals surface area contributed by atoms with E-state index in [0.29, 0.717) is 30.4 Å². The lowest BCUT2D eigenvalue weighted by atomic mass is 10.00. The zero-order valence-electron chi connectivity index (χ0n) is 38.8. The SMILES string of the molecule is CC=C(C)C(=O)N[C@H](C(=O)N[C@H](Cc1ccc(O)cc1)C(=O)N[C@@H]1C(=O)N[C@@H](C)C(=O)NC(=CC)C(=O)N[C@H](CCC(=O)O)C(=O)N[C@@H](CCCCc2ccc(O)cc2)C(=O)O[C@@H]1C)C(C)C. The second kappa shape index (κ2) is 26.0. The molecule has 20 nitrogen and oxygen atoms in total. The number of carbonyl (C=O) groups is 9. The highest BCUT2D eigenvalue weighted by atomic mass is 16.5. The molecule has 0 radical (unpaired) electrons. The highest BCUT2D eigenvalue weighted by molar-refractivity contribution is 6.02. The van der Waals surface area contributed by atoms with Crippen molar-refractivity contribution in [3.63, 3.8) is 0 Å². The number of hydrogen-bond donors (Lipinski definition) is 10. The third-order valence-corrected chi connectivity index (χ3v) is 10.9. The smallest absolute Gasteiger partial charge is 0.328 e. The highest BCUT2D eigenvalue weighted by Gasteiger charge is 2.38. The van der Waals surface area contributed by atoms with E-state index in [2.05, 4.69) is 37.2 Å². The minimum absolute atomic E-state index is 0.0345. The molecule has 0 spiro atoms. The maximum Gasteiger partial charge on any atom is 0.328 e. The van der Waals surface area contributed by atoms with Gasteiger partial charge in [0.05, 0.1) is 0 Å². The summed E-state index contributed by atoms with van der Waals surface area (Å²) in [5.74, 6) is -8.86. The van der Waals surface area contributed by atoms with E-state index >= 15 is 0 Å². The van der Waals surface area contributed by atoms with Gasteiger partial charge >= 0.3 is 11.9 Å². The number of esters is 1. The third-order valence-electron chi connectivity index (χ3n) is 10.9. The van der Waals surface area contributed by atoms with E-state index in [1.54, 1.807) is 45.9 Å². The van der Waals surface area contributed by atoms with Gasteiger partial charge in [-0.3, -0.25) is 38.4 Å². The summed E-state index contributed by atoms with van der Waals surface area (Å²) in [6.45, 7) is 10.6. The standard InChI is InChI=1S/C47H63N7O13/c1-8-26(5)40(59)53-38(25(3)4)45(64)52-36(24-30-16-20-32(56)21-17-30)44(63)54-39-28(7)67-47(66)35(13-11-10-12-29-14-18-31(55)19-15-29)51-43(62)34(22-23-37(57)58)50-42(61)33(9-2)49-41(60)27(6)48-46(39)65/h8-9,14-21,25,27-28,34-36,38-39,55-56H,10-13,22-24H2,1-7H3,(H,48,65)(H,49,60)(H,50,61)(H,51,62)(H,52,64)(H,53,59)(H,54,63)(H,57,58)/t27-,28+,34+,35-,36+,38-,39-/m0/s1. The van der Waals surface area contributed by atoms with Gasteiger partial charge in [0.2, 0.25) is 35.4 Å². The van der Waals surface area contributed by atoms with E-state index in [4.69, 9.17) is 4.74 Å². The van der Waals surface area contributed by atoms with Crippen molar-refractivity contribution < 1.29 is 63.2 Å². The minimum atomic E-state index is -1.77. The van der Waals surface area contributed by atoms with Crippen LogP contribution in [0.4, 0.5) is 0 Å². The number of aryl methyl sites for hydroxylation is 1. The molecular weight excluding hydrogens is 871 g/mol. The van der Waals surface area contributed by atoms with Crippen LogP contribution in [0, 0.1) is 5.92 Å². The van der Waals surface area contributed by atoms with Gasteiger partial charge in [0, 0.05) is 18.4 Å². The summed E-state index contributed by atoms with van der Waals surface area (Å²) < 4.78 is 5.80. The van der Waals surface area contributed by atoms with E-state index in [1.165, 1.54) is 63.2 Å². The Hall–Kier alpha value is -7.25. The molecule has 67 heavy (non-hydrogen) atoms. The molecule has 1 aliphatic heterocycles. The Kier molecular flexibility index (Phi) is 21.0. The quantitative estimate of drug-likeness (QED) is 0.0611. The van der Waals surface area contributed by atoms with Gasteiger partial charge in [0.1, 0.15) is 59.6 Å². The first-order valence-corrected chi connectivity index (χ1v) is 22.0. The number of carboxylic acid groups (broad SMARTS) is 1. The average Bonchev–Trinajstić information content (AvgIpc) is 3.28. The average molecular weight is 934 g/mol. The predicted molar refractivity (Wildman–Crippen MR) is 243 cm³/mol. The second-order valence-corrected chi connectivity index (χ2v) is 16.6. The van der Waals surface area contributed by atoms with Gasteiger partial charge in [-0.2, -0.15) is 0 Å². The number of hydrogen-bond acceptors (Lipinski definition) is 12. The molecule has 0 unspecified atom stereocenters. The summed E-state index contributed by atoms with van der Waals surface area (Å²) in [7, 11) is 0. The van der Waals surface area contributed by atoms with Crippen LogP contribution >= 0.6 is 0 Å². The molecule has 1 fully saturated rings. The summed E-state index contributed by atoms with van der Waals surface area (Å²) in [5.41, 5.74) is 1.34. The van der Waals surface area contributed by atoms with Crippen molar-refractivity contribution in [3.05, 3.63) is 83.1 Å². The first-order chi connectivity index (χ1) is 31.6. The third kappa shape index (κ3) is 17.2. The van der Waals surface area contributed by atoms with Gasteiger partial charge in [-0.15, -0.1) is 0 Å². The number of phenols is 2. The first kappa shape index (κ1) is 54.1. The van der Waals surface area contributed by atoms with Crippen LogP contribution in [0.3, 0.4) is 0 Å². The summed E-state index contributed by atoms with van der Waals surface area (Å²) in [6.07, 6.45) is 1.40. The molecule has 1 heterocycles. The number of ether oxygens (including phenoxy) is 1. The fourth-order valence-corrected chi connectivity index (χ4v) is 6.75. The Bertz CT molecular complexity index is 2170. The van der Waals surface area contributed by atoms with Crippen molar-refractivity contribution in [2.75, 3.05) is 0 Å². The summed E-state index contributed by atoms with van der Waals surface area (Å²) in [6, 6.07) is 3.57. The minimum Gasteiger partial charge on any atom is -0.508 e. The summed E-state index contributed by atoms with van der Waals surface area (Å²) in [5, 5.41) is 46.7. The zero-order valence-corrected chi connectivity index (χ0v) is 38.8. The van der Waals surface area contributed by atoms with E-state index in [-0.39, 0.29) is 30.0 Å². The molecule has 1 aliphatic rings. The molecule has 0 bridgehead atoms. The monoisotopic (exact) mass is 933 g/mol. The van der Waals surface area contributed by atoms with Gasteiger partial charge in [-0.25, -0.2) is 4.79 Å². The van der Waals surface area contributed by atoms with Crippen LogP contribution in [0.25, 0.3) is 0 Å². The Morgan fingerprint density at radius 2 is 1.37 bits per heavy atom. The lowest BCUT2D eigenvalue weighted by molar-refractivity contribution is -0.156. The zero-order chi connectivity index (χ0) is 50.0. The number of carboxylic acids is 1. The molecular formula is C47H63N7O13. The van der Waals surface area contributed by atoms with Gasteiger partial charge in [0.15, 0.2) is 0 Å². The van der Waals surface area contributed by atoms with Gasteiger partial charge in [-0.1, -0.05) is 56.7 Å². The Balaban J connectivity index is 2.06. The Morgan fingerprint density at radius 3 is 1.94 bits per heavy atom. The van der Waals surface area contributed by atoms with Crippen LogP contribution in [0.1, 0.15) is 91.7 Å². The number of amides is 7. The van der Waals surface area contributed by atoms with E-state index in [9.17, 15) is 58.5 Å². The largest absolute Gasteiger partial charge is 0.508 e. The molecule has 20 heteroatoms. The molecule has 3 rings (SSSR count). The normalized spacial score (nSPS) is 21.4. The van der Waals surface area contributed by atoms with Crippen LogP contribution in [-0.2, 0) is 60.7 Å². The lowest BCUT2D eigenvalue weighted by Gasteiger charge is -2.30. The molecule has 2 aromatic rings. The van der Waals surface area contributed by atoms with Gasteiger partial charge in [-0.05, 0) is 102 Å². The number of allylic oxidation sites excluding steroid dienone is 2. The molecule has 7 amide bonds. The Morgan fingerprint density at radius 1 is 0.761 bits per heavy atom. The molecule has 1 saturated heterocycles. The highest BCUT2D eigenvalue weighted by Crippen LogP contribution is 2.17. The first-order valence-electron chi connectivity index (χ1n) is 22.0. The van der Waals surface area contributed by atoms with E-state index in [0.717, 1.165) is 5.56 Å². The molecule has 2 aromatic carbocycles. The number of nitrogens with one attached hydrogen (secondary N) is 7. The number of cyclic esters (lactones) is 1. The van der Waals surface area contributed by atoms with Gasteiger partial charge in [0.25, 0.3) is 5.91 Å². The van der Waals surface area contributed by atoms with Crippen molar-refractivity contribution in [1.29, 1.82) is 0 Å². The summed E-state index contributed by atoms with van der Waals surface area (Å²) >= 11 is 0. The van der Waals surface area contributed by atoms with Crippen molar-refractivity contribution in [3.8, 4) is 11.5 Å². The number of carbonyl (C=O) groups excluding carboxylic acids is 8. The molecule has 364 valence electrons. The molecule has 10 N–H and O–H groups in total. The maximum atomic E-state index is 14.4. The van der Waals surface area contributed by atoms with Crippen molar-refractivity contribution in [2.24, 2.45) is 5.92 Å². The number of aliphatic carboxylic acids is 1. The number of aromatic hydroxyl groups is 2.